The van der Waals surface area contributed by atoms with Gasteiger partial charge in [-0.05, 0) is 31.4 Å². The Morgan fingerprint density at radius 3 is 2.79 bits per heavy atom. The number of carbonyl (C=O) groups excluding carboxylic acids is 1. The maximum absolute atomic E-state index is 12.0. The number of benzene rings is 1. The summed E-state index contributed by atoms with van der Waals surface area (Å²) in [7, 11) is 0. The molecule has 4 heteroatoms. The minimum absolute atomic E-state index is 0.267. The number of fused-ring (bicyclic) bond motifs is 1. The Balaban J connectivity index is 1.75. The molecular formula is C15H16N2O2. The molecule has 0 unspecified atom stereocenters. The fraction of sp³-hybridized carbons (Fsp3) is 0.333. The number of likely N-dealkylation sites (tertiary alicyclic amines) is 1. The number of pyridine rings is 1. The molecule has 1 aromatic carbocycles. The first-order valence-corrected chi connectivity index (χ1v) is 6.64. The molecule has 1 aliphatic heterocycles. The van der Waals surface area contributed by atoms with Crippen molar-refractivity contribution in [3.63, 3.8) is 0 Å². The third-order valence-corrected chi connectivity index (χ3v) is 3.38. The summed E-state index contributed by atoms with van der Waals surface area (Å²) in [5, 5.41) is 0.978. The number of hydrogen-bond donors (Lipinski definition) is 0. The number of ether oxygens (including phenoxy) is 1. The molecule has 0 atom stereocenters. The maximum Gasteiger partial charge on any atom is 0.415 e. The van der Waals surface area contributed by atoms with Gasteiger partial charge in [0.2, 0.25) is 0 Å². The van der Waals surface area contributed by atoms with Gasteiger partial charge in [0.1, 0.15) is 0 Å². The summed E-state index contributed by atoms with van der Waals surface area (Å²) in [6, 6.07) is 9.63. The van der Waals surface area contributed by atoms with Gasteiger partial charge in [-0.3, -0.25) is 4.98 Å². The second-order valence-electron chi connectivity index (χ2n) is 4.78. The van der Waals surface area contributed by atoms with Gasteiger partial charge in [-0.2, -0.15) is 0 Å². The number of hydrogen-bond acceptors (Lipinski definition) is 3. The first-order chi connectivity index (χ1) is 9.33. The van der Waals surface area contributed by atoms with Crippen LogP contribution in [0.15, 0.2) is 36.5 Å². The van der Waals surface area contributed by atoms with E-state index in [0.717, 1.165) is 36.8 Å². The average Bonchev–Trinajstić information content (AvgIpc) is 2.48. The Kier molecular flexibility index (Phi) is 3.31. The smallest absolute Gasteiger partial charge is 0.409 e. The van der Waals surface area contributed by atoms with Crippen LogP contribution < -0.4 is 4.74 Å². The van der Waals surface area contributed by atoms with Crippen molar-refractivity contribution in [3.8, 4) is 5.75 Å². The third kappa shape index (κ3) is 2.67. The minimum atomic E-state index is -0.267. The van der Waals surface area contributed by atoms with Crippen LogP contribution >= 0.6 is 0 Å². The molecule has 4 nitrogen and oxygen atoms in total. The van der Waals surface area contributed by atoms with E-state index >= 15 is 0 Å². The van der Waals surface area contributed by atoms with E-state index in [-0.39, 0.29) is 6.09 Å². The Bertz CT molecular complexity index is 591. The van der Waals surface area contributed by atoms with Gasteiger partial charge in [-0.15, -0.1) is 0 Å². The van der Waals surface area contributed by atoms with E-state index in [0.29, 0.717) is 5.75 Å². The van der Waals surface area contributed by atoms with Crippen LogP contribution in [-0.2, 0) is 0 Å². The van der Waals surface area contributed by atoms with Crippen molar-refractivity contribution in [1.82, 2.24) is 9.88 Å². The monoisotopic (exact) mass is 256 g/mol. The minimum Gasteiger partial charge on any atom is -0.409 e. The summed E-state index contributed by atoms with van der Waals surface area (Å²) >= 11 is 0. The number of piperidine rings is 1. The predicted molar refractivity (Wildman–Crippen MR) is 73.2 cm³/mol. The Morgan fingerprint density at radius 2 is 1.95 bits per heavy atom. The lowest BCUT2D eigenvalue weighted by Crippen LogP contribution is -2.37. The van der Waals surface area contributed by atoms with Crippen LogP contribution in [0.5, 0.6) is 5.75 Å². The van der Waals surface area contributed by atoms with Gasteiger partial charge in [0.05, 0.1) is 11.7 Å². The van der Waals surface area contributed by atoms with Crippen LogP contribution in [0.3, 0.4) is 0 Å². The van der Waals surface area contributed by atoms with E-state index in [9.17, 15) is 4.79 Å². The standard InChI is InChI=1S/C15H16N2O2/c18-15(17-8-4-1-5-9-17)19-13-10-12-6-2-3-7-14(12)16-11-13/h2-3,6-7,10-11H,1,4-5,8-9H2. The van der Waals surface area contributed by atoms with Crippen LogP contribution in [0.4, 0.5) is 4.79 Å². The van der Waals surface area contributed by atoms with Gasteiger partial charge >= 0.3 is 6.09 Å². The molecule has 1 aliphatic rings. The Morgan fingerprint density at radius 1 is 1.16 bits per heavy atom. The molecule has 0 radical (unpaired) electrons. The average molecular weight is 256 g/mol. The van der Waals surface area contributed by atoms with Gasteiger partial charge in [0, 0.05) is 18.5 Å². The summed E-state index contributed by atoms with van der Waals surface area (Å²) in [5.41, 5.74) is 0.903. The second kappa shape index (κ2) is 5.26. The molecule has 19 heavy (non-hydrogen) atoms. The van der Waals surface area contributed by atoms with Crippen molar-refractivity contribution in [1.29, 1.82) is 0 Å². The summed E-state index contributed by atoms with van der Waals surface area (Å²) in [6.07, 6.45) is 4.65. The van der Waals surface area contributed by atoms with Gasteiger partial charge in [-0.1, -0.05) is 18.2 Å². The number of para-hydroxylation sites is 1. The largest absolute Gasteiger partial charge is 0.415 e. The van der Waals surface area contributed by atoms with E-state index in [1.165, 1.54) is 6.42 Å². The van der Waals surface area contributed by atoms with Crippen LogP contribution in [0.2, 0.25) is 0 Å². The fourth-order valence-electron chi connectivity index (χ4n) is 2.35. The summed E-state index contributed by atoms with van der Waals surface area (Å²) in [5.74, 6) is 0.509. The zero-order valence-corrected chi connectivity index (χ0v) is 10.7. The Hall–Kier alpha value is -2.10. The molecule has 1 amide bonds. The van der Waals surface area contributed by atoms with Crippen LogP contribution in [0.1, 0.15) is 19.3 Å². The third-order valence-electron chi connectivity index (χ3n) is 3.38. The molecule has 98 valence electrons. The van der Waals surface area contributed by atoms with E-state index in [2.05, 4.69) is 4.98 Å². The predicted octanol–water partition coefficient (Wildman–Crippen LogP) is 3.22. The van der Waals surface area contributed by atoms with Gasteiger partial charge < -0.3 is 9.64 Å². The highest BCUT2D eigenvalue weighted by atomic mass is 16.6. The van der Waals surface area contributed by atoms with E-state index in [4.69, 9.17) is 4.74 Å². The lowest BCUT2D eigenvalue weighted by atomic mass is 10.1. The lowest BCUT2D eigenvalue weighted by Gasteiger charge is -2.25. The zero-order chi connectivity index (χ0) is 13.1. The van der Waals surface area contributed by atoms with E-state index in [1.807, 2.05) is 30.3 Å². The number of nitrogens with zero attached hydrogens (tertiary/aromatic N) is 2. The van der Waals surface area contributed by atoms with Crippen LogP contribution in [-0.4, -0.2) is 29.1 Å². The number of carbonyl (C=O) groups is 1. The normalized spacial score (nSPS) is 15.5. The number of amides is 1. The van der Waals surface area contributed by atoms with E-state index < -0.39 is 0 Å². The highest BCUT2D eigenvalue weighted by Crippen LogP contribution is 2.19. The molecular weight excluding hydrogens is 240 g/mol. The van der Waals surface area contributed by atoms with Gasteiger partial charge in [-0.25, -0.2) is 4.79 Å². The van der Waals surface area contributed by atoms with E-state index in [1.54, 1.807) is 11.1 Å². The molecule has 0 saturated carbocycles. The lowest BCUT2D eigenvalue weighted by molar-refractivity contribution is 0.142. The molecule has 1 aromatic heterocycles. The van der Waals surface area contributed by atoms with Crippen molar-refractivity contribution in [3.05, 3.63) is 36.5 Å². The highest BCUT2D eigenvalue weighted by molar-refractivity contribution is 5.80. The topological polar surface area (TPSA) is 42.4 Å². The first kappa shape index (κ1) is 12.0. The Labute approximate surface area is 112 Å². The molecule has 1 fully saturated rings. The SMILES string of the molecule is O=C(Oc1cnc2ccccc2c1)N1CCCCC1. The fourth-order valence-corrected chi connectivity index (χ4v) is 2.35. The molecule has 0 N–H and O–H groups in total. The summed E-state index contributed by atoms with van der Waals surface area (Å²) < 4.78 is 5.39. The molecule has 0 aliphatic carbocycles. The van der Waals surface area contributed by atoms with Crippen molar-refractivity contribution >= 4 is 17.0 Å². The maximum atomic E-state index is 12.0. The van der Waals surface area contributed by atoms with Crippen LogP contribution in [0, 0.1) is 0 Å². The molecule has 2 aromatic rings. The molecule has 1 saturated heterocycles. The quantitative estimate of drug-likeness (QED) is 0.786. The summed E-state index contributed by atoms with van der Waals surface area (Å²) in [6.45, 7) is 1.58. The van der Waals surface area contributed by atoms with Crippen molar-refractivity contribution in [2.75, 3.05) is 13.1 Å². The summed E-state index contributed by atoms with van der Waals surface area (Å²) in [4.78, 5) is 18.0. The molecule has 2 heterocycles. The van der Waals surface area contributed by atoms with Gasteiger partial charge in [0.25, 0.3) is 0 Å². The first-order valence-electron chi connectivity index (χ1n) is 6.64. The van der Waals surface area contributed by atoms with Crippen molar-refractivity contribution in [2.24, 2.45) is 0 Å². The van der Waals surface area contributed by atoms with Crippen molar-refractivity contribution < 1.29 is 9.53 Å². The number of aromatic nitrogens is 1. The van der Waals surface area contributed by atoms with Crippen molar-refractivity contribution in [2.45, 2.75) is 19.3 Å². The highest BCUT2D eigenvalue weighted by Gasteiger charge is 2.18. The molecule has 0 spiro atoms. The number of rotatable bonds is 1. The second-order valence-corrected chi connectivity index (χ2v) is 4.78. The van der Waals surface area contributed by atoms with Crippen LogP contribution in [0.25, 0.3) is 10.9 Å². The molecule has 3 rings (SSSR count). The zero-order valence-electron chi connectivity index (χ0n) is 10.7. The molecule has 0 bridgehead atoms. The van der Waals surface area contributed by atoms with Gasteiger partial charge in [0.15, 0.2) is 5.75 Å².